The molecule has 0 saturated carbocycles. The summed E-state index contributed by atoms with van der Waals surface area (Å²) in [6.45, 7) is 1.99. The number of rotatable bonds is 5. The number of amides is 1. The quantitative estimate of drug-likeness (QED) is 0.619. The van der Waals surface area contributed by atoms with Gasteiger partial charge in [0.15, 0.2) is 6.04 Å². The molecule has 0 aliphatic heterocycles. The molecule has 27 heavy (non-hydrogen) atoms. The van der Waals surface area contributed by atoms with Gasteiger partial charge in [0.25, 0.3) is 5.91 Å². The average molecular weight is 429 g/mol. The summed E-state index contributed by atoms with van der Waals surface area (Å²) in [4.78, 5) is 24.7. The first kappa shape index (κ1) is 18.8. The largest absolute Gasteiger partial charge is 0.467 e. The fourth-order valence-corrected chi connectivity index (χ4v) is 2.76. The molecule has 1 aromatic heterocycles. The van der Waals surface area contributed by atoms with Gasteiger partial charge in [0.2, 0.25) is 5.76 Å². The standard InChI is InChI=1S/C20H17BrN2O4/c1-12-3-5-13(6-4-12)16-11-17(27-23-16)19(24)22-18(20(25)26-2)14-7-9-15(21)10-8-14/h3-11,18H,1-2H3,(H,22,24). The molecule has 1 unspecified atom stereocenters. The number of esters is 1. The fourth-order valence-electron chi connectivity index (χ4n) is 2.50. The number of nitrogens with one attached hydrogen (secondary N) is 1. The van der Waals surface area contributed by atoms with Gasteiger partial charge in [-0.1, -0.05) is 63.0 Å². The zero-order valence-corrected chi connectivity index (χ0v) is 16.3. The van der Waals surface area contributed by atoms with Gasteiger partial charge >= 0.3 is 5.97 Å². The van der Waals surface area contributed by atoms with Crippen molar-refractivity contribution in [2.75, 3.05) is 7.11 Å². The summed E-state index contributed by atoms with van der Waals surface area (Å²) in [6.07, 6.45) is 0. The van der Waals surface area contributed by atoms with Gasteiger partial charge in [-0.2, -0.15) is 0 Å². The lowest BCUT2D eigenvalue weighted by molar-refractivity contribution is -0.143. The van der Waals surface area contributed by atoms with E-state index in [4.69, 9.17) is 9.26 Å². The predicted octanol–water partition coefficient (Wildman–Crippen LogP) is 4.06. The zero-order chi connectivity index (χ0) is 19.4. The number of carbonyl (C=O) groups is 2. The number of aromatic nitrogens is 1. The first-order valence-electron chi connectivity index (χ1n) is 8.16. The number of hydrogen-bond donors (Lipinski definition) is 1. The Balaban J connectivity index is 1.80. The Bertz CT molecular complexity index is 949. The van der Waals surface area contributed by atoms with Crippen LogP contribution in [0.15, 0.2) is 63.6 Å². The van der Waals surface area contributed by atoms with Crippen molar-refractivity contribution in [1.82, 2.24) is 10.5 Å². The van der Waals surface area contributed by atoms with E-state index in [0.717, 1.165) is 15.6 Å². The Morgan fingerprint density at radius 1 is 1.11 bits per heavy atom. The second-order valence-corrected chi connectivity index (χ2v) is 6.84. The predicted molar refractivity (Wildman–Crippen MR) is 103 cm³/mol. The van der Waals surface area contributed by atoms with Crippen LogP contribution in [0.5, 0.6) is 0 Å². The topological polar surface area (TPSA) is 81.4 Å². The van der Waals surface area contributed by atoms with Crippen LogP contribution in [-0.4, -0.2) is 24.1 Å². The van der Waals surface area contributed by atoms with Crippen LogP contribution >= 0.6 is 15.9 Å². The lowest BCUT2D eigenvalue weighted by Gasteiger charge is -2.16. The normalized spacial score (nSPS) is 11.7. The molecule has 0 bridgehead atoms. The monoisotopic (exact) mass is 428 g/mol. The minimum atomic E-state index is -0.955. The first-order valence-corrected chi connectivity index (χ1v) is 8.95. The highest BCUT2D eigenvalue weighted by Crippen LogP contribution is 2.22. The molecular formula is C20H17BrN2O4. The van der Waals surface area contributed by atoms with Gasteiger partial charge in [-0.3, -0.25) is 4.79 Å². The average Bonchev–Trinajstić information content (AvgIpc) is 3.17. The van der Waals surface area contributed by atoms with Crippen molar-refractivity contribution in [1.29, 1.82) is 0 Å². The van der Waals surface area contributed by atoms with Crippen LogP contribution in [0.2, 0.25) is 0 Å². The maximum atomic E-state index is 12.6. The van der Waals surface area contributed by atoms with Crippen LogP contribution in [0.1, 0.15) is 27.7 Å². The van der Waals surface area contributed by atoms with E-state index in [1.165, 1.54) is 13.2 Å². The molecule has 1 amide bonds. The molecular weight excluding hydrogens is 412 g/mol. The molecule has 0 radical (unpaired) electrons. The molecule has 3 rings (SSSR count). The van der Waals surface area contributed by atoms with Crippen LogP contribution in [0, 0.1) is 6.92 Å². The second kappa shape index (κ2) is 8.18. The summed E-state index contributed by atoms with van der Waals surface area (Å²) in [5.41, 5.74) is 3.09. The fraction of sp³-hybridized carbons (Fsp3) is 0.150. The van der Waals surface area contributed by atoms with Crippen molar-refractivity contribution in [3.05, 3.63) is 76.0 Å². The van der Waals surface area contributed by atoms with Crippen molar-refractivity contribution >= 4 is 27.8 Å². The number of benzene rings is 2. The lowest BCUT2D eigenvalue weighted by Crippen LogP contribution is -2.34. The Hall–Kier alpha value is -2.93. The Morgan fingerprint density at radius 2 is 1.78 bits per heavy atom. The van der Waals surface area contributed by atoms with Crippen molar-refractivity contribution in [3.8, 4) is 11.3 Å². The molecule has 1 N–H and O–H groups in total. The number of hydrogen-bond acceptors (Lipinski definition) is 5. The summed E-state index contributed by atoms with van der Waals surface area (Å²) in [5, 5.41) is 6.57. The maximum absolute atomic E-state index is 12.6. The van der Waals surface area contributed by atoms with Gasteiger partial charge in [-0.05, 0) is 24.6 Å². The zero-order valence-electron chi connectivity index (χ0n) is 14.7. The van der Waals surface area contributed by atoms with Crippen LogP contribution in [0.25, 0.3) is 11.3 Å². The van der Waals surface area contributed by atoms with E-state index in [9.17, 15) is 9.59 Å². The van der Waals surface area contributed by atoms with Crippen LogP contribution in [0.4, 0.5) is 0 Å². The number of ether oxygens (including phenoxy) is 1. The molecule has 7 heteroatoms. The Morgan fingerprint density at radius 3 is 2.41 bits per heavy atom. The third-order valence-corrected chi connectivity index (χ3v) is 4.53. The highest BCUT2D eigenvalue weighted by atomic mass is 79.9. The van der Waals surface area contributed by atoms with E-state index in [1.54, 1.807) is 24.3 Å². The Kier molecular flexibility index (Phi) is 5.71. The SMILES string of the molecule is COC(=O)C(NC(=O)c1cc(-c2ccc(C)cc2)no1)c1ccc(Br)cc1. The molecule has 0 saturated heterocycles. The molecule has 0 aliphatic carbocycles. The molecule has 138 valence electrons. The van der Waals surface area contributed by atoms with E-state index in [0.29, 0.717) is 11.3 Å². The second-order valence-electron chi connectivity index (χ2n) is 5.92. The van der Waals surface area contributed by atoms with Crippen LogP contribution in [-0.2, 0) is 9.53 Å². The van der Waals surface area contributed by atoms with Crippen molar-refractivity contribution < 1.29 is 18.8 Å². The number of halogens is 1. The molecule has 1 heterocycles. The van der Waals surface area contributed by atoms with Crippen LogP contribution in [0.3, 0.4) is 0 Å². The molecule has 0 fully saturated rings. The summed E-state index contributed by atoms with van der Waals surface area (Å²) < 4.78 is 10.8. The molecule has 0 aliphatic rings. The minimum Gasteiger partial charge on any atom is -0.467 e. The van der Waals surface area contributed by atoms with E-state index < -0.39 is 17.9 Å². The smallest absolute Gasteiger partial charge is 0.333 e. The van der Waals surface area contributed by atoms with E-state index in [1.807, 2.05) is 31.2 Å². The lowest BCUT2D eigenvalue weighted by atomic mass is 10.1. The molecule has 6 nitrogen and oxygen atoms in total. The first-order chi connectivity index (χ1) is 13.0. The maximum Gasteiger partial charge on any atom is 0.333 e. The molecule has 3 aromatic rings. The van der Waals surface area contributed by atoms with Crippen molar-refractivity contribution in [2.24, 2.45) is 0 Å². The van der Waals surface area contributed by atoms with Gasteiger partial charge < -0.3 is 14.6 Å². The van der Waals surface area contributed by atoms with Gasteiger partial charge in [0.05, 0.1) is 7.11 Å². The van der Waals surface area contributed by atoms with Crippen molar-refractivity contribution in [3.63, 3.8) is 0 Å². The number of carbonyl (C=O) groups excluding carboxylic acids is 2. The summed E-state index contributed by atoms with van der Waals surface area (Å²) in [7, 11) is 1.27. The van der Waals surface area contributed by atoms with Crippen molar-refractivity contribution in [2.45, 2.75) is 13.0 Å². The third-order valence-electron chi connectivity index (χ3n) is 4.00. The molecule has 0 spiro atoms. The van der Waals surface area contributed by atoms with Gasteiger partial charge in [0.1, 0.15) is 5.69 Å². The van der Waals surface area contributed by atoms with E-state index in [2.05, 4.69) is 26.4 Å². The summed E-state index contributed by atoms with van der Waals surface area (Å²) in [5.74, 6) is -1.13. The van der Waals surface area contributed by atoms with E-state index in [-0.39, 0.29) is 5.76 Å². The summed E-state index contributed by atoms with van der Waals surface area (Å²) >= 11 is 3.34. The number of nitrogens with zero attached hydrogens (tertiary/aromatic N) is 1. The Labute approximate surface area is 164 Å². The van der Waals surface area contributed by atoms with Gasteiger partial charge in [0, 0.05) is 16.1 Å². The minimum absolute atomic E-state index is 0.0107. The van der Waals surface area contributed by atoms with E-state index >= 15 is 0 Å². The summed E-state index contributed by atoms with van der Waals surface area (Å²) in [6, 6.07) is 15.3. The number of aryl methyl sites for hydroxylation is 1. The van der Waals surface area contributed by atoms with Gasteiger partial charge in [-0.25, -0.2) is 4.79 Å². The third kappa shape index (κ3) is 4.43. The van der Waals surface area contributed by atoms with Crippen LogP contribution < -0.4 is 5.32 Å². The number of methoxy groups -OCH3 is 1. The highest BCUT2D eigenvalue weighted by molar-refractivity contribution is 9.10. The van der Waals surface area contributed by atoms with Gasteiger partial charge in [-0.15, -0.1) is 0 Å². The highest BCUT2D eigenvalue weighted by Gasteiger charge is 2.26. The molecule has 2 aromatic carbocycles. The molecule has 1 atom stereocenters.